The molecule has 0 amide bonds. The molecule has 0 bridgehead atoms. The number of halogens is 1. The number of phenols is 1. The van der Waals surface area contributed by atoms with Crippen LogP contribution < -0.4 is 5.73 Å². The lowest BCUT2D eigenvalue weighted by atomic mass is 9.86. The van der Waals surface area contributed by atoms with Gasteiger partial charge in [-0.15, -0.1) is 0 Å². The van der Waals surface area contributed by atoms with Crippen LogP contribution in [0.5, 0.6) is 5.75 Å². The Balaban J connectivity index is 0.000000555. The second-order valence-corrected chi connectivity index (χ2v) is 7.78. The van der Waals surface area contributed by atoms with Gasteiger partial charge in [-0.2, -0.15) is 8.42 Å². The molecule has 110 valence electrons. The van der Waals surface area contributed by atoms with Crippen molar-refractivity contribution in [2.45, 2.75) is 32.7 Å². The molecule has 0 spiro atoms. The van der Waals surface area contributed by atoms with Crippen LogP contribution >= 0.6 is 22.6 Å². The molecule has 1 aromatic carbocycles. The van der Waals surface area contributed by atoms with Crippen molar-refractivity contribution >= 4 is 32.7 Å². The van der Waals surface area contributed by atoms with Gasteiger partial charge < -0.3 is 10.8 Å². The minimum absolute atomic E-state index is 0.0948. The Bertz CT molecular complexity index is 527. The van der Waals surface area contributed by atoms with Gasteiger partial charge in [0.2, 0.25) is 0 Å². The second kappa shape index (κ2) is 6.87. The minimum atomic E-state index is -3.67. The van der Waals surface area contributed by atoms with E-state index >= 15 is 0 Å². The van der Waals surface area contributed by atoms with Gasteiger partial charge in [0.05, 0.1) is 9.83 Å². The maximum atomic E-state index is 9.70. The van der Waals surface area contributed by atoms with Crippen molar-refractivity contribution in [2.24, 2.45) is 5.73 Å². The van der Waals surface area contributed by atoms with Crippen LogP contribution in [0.1, 0.15) is 31.9 Å². The number of nitrogens with two attached hydrogens (primary N) is 1. The highest BCUT2D eigenvalue weighted by molar-refractivity contribution is 14.1. The van der Waals surface area contributed by atoms with Crippen molar-refractivity contribution in [3.63, 3.8) is 0 Å². The summed E-state index contributed by atoms with van der Waals surface area (Å²) >= 11 is 2.13. The van der Waals surface area contributed by atoms with Crippen LogP contribution in [-0.2, 0) is 22.1 Å². The number of phenolic OH excluding ortho intramolecular Hbond substituents is 1. The van der Waals surface area contributed by atoms with E-state index in [1.807, 2.05) is 12.1 Å². The molecular formula is C12H20INO4S. The molecule has 0 aliphatic heterocycles. The summed E-state index contributed by atoms with van der Waals surface area (Å²) in [6.45, 7) is 6.83. The molecule has 0 aliphatic rings. The average molecular weight is 401 g/mol. The standard InChI is InChI=1S/C11H16INO.CH4O3S/c1-11(2,3)8-4-7(6-13)10(14)9(12)5-8;1-5(2,3)4/h4-5,14H,6,13H2,1-3H3;1H3,(H,2,3,4). The van der Waals surface area contributed by atoms with Gasteiger partial charge in [0.1, 0.15) is 5.75 Å². The Kier molecular flexibility index (Phi) is 6.73. The van der Waals surface area contributed by atoms with E-state index in [2.05, 4.69) is 43.4 Å². The normalized spacial score (nSPS) is 11.7. The van der Waals surface area contributed by atoms with Gasteiger partial charge in [-0.1, -0.05) is 26.8 Å². The molecular weight excluding hydrogens is 381 g/mol. The van der Waals surface area contributed by atoms with E-state index in [0.717, 1.165) is 9.13 Å². The monoisotopic (exact) mass is 401 g/mol. The molecule has 0 aliphatic carbocycles. The summed E-state index contributed by atoms with van der Waals surface area (Å²) < 4.78 is 26.7. The fourth-order valence-electron chi connectivity index (χ4n) is 1.24. The van der Waals surface area contributed by atoms with Gasteiger partial charge in [0.15, 0.2) is 0 Å². The van der Waals surface area contributed by atoms with Gasteiger partial charge in [-0.3, -0.25) is 4.55 Å². The highest BCUT2D eigenvalue weighted by Gasteiger charge is 2.17. The second-order valence-electron chi connectivity index (χ2n) is 5.15. The predicted octanol–water partition coefficient (Wildman–Crippen LogP) is 2.26. The van der Waals surface area contributed by atoms with E-state index in [1.165, 1.54) is 5.56 Å². The van der Waals surface area contributed by atoms with Crippen LogP contribution in [0.25, 0.3) is 0 Å². The minimum Gasteiger partial charge on any atom is -0.507 e. The molecule has 7 heteroatoms. The van der Waals surface area contributed by atoms with Gasteiger partial charge in [-0.25, -0.2) is 0 Å². The summed E-state index contributed by atoms with van der Waals surface area (Å²) in [7, 11) is -3.67. The molecule has 1 rings (SSSR count). The van der Waals surface area contributed by atoms with Gasteiger partial charge in [0, 0.05) is 12.1 Å². The van der Waals surface area contributed by atoms with Gasteiger partial charge >= 0.3 is 0 Å². The number of benzene rings is 1. The predicted molar refractivity (Wildman–Crippen MR) is 84.9 cm³/mol. The fraction of sp³-hybridized carbons (Fsp3) is 0.500. The lowest BCUT2D eigenvalue weighted by molar-refractivity contribution is 0.463. The zero-order valence-corrected chi connectivity index (χ0v) is 14.4. The summed E-state index contributed by atoms with van der Waals surface area (Å²) in [5.74, 6) is 0.320. The molecule has 0 radical (unpaired) electrons. The van der Waals surface area contributed by atoms with Crippen LogP contribution in [0.2, 0.25) is 0 Å². The fourth-order valence-corrected chi connectivity index (χ4v) is 1.93. The van der Waals surface area contributed by atoms with Crippen molar-refractivity contribution < 1.29 is 18.1 Å². The third-order valence-corrected chi connectivity index (χ3v) is 3.05. The summed E-state index contributed by atoms with van der Waals surface area (Å²) in [5.41, 5.74) is 7.69. The molecule has 0 saturated carbocycles. The van der Waals surface area contributed by atoms with E-state index < -0.39 is 10.1 Å². The van der Waals surface area contributed by atoms with Crippen molar-refractivity contribution in [1.82, 2.24) is 0 Å². The van der Waals surface area contributed by atoms with E-state index in [9.17, 15) is 13.5 Å². The Labute approximate surface area is 128 Å². The van der Waals surface area contributed by atoms with Crippen molar-refractivity contribution in [2.75, 3.05) is 6.26 Å². The Morgan fingerprint density at radius 3 is 2.05 bits per heavy atom. The van der Waals surface area contributed by atoms with E-state index in [0.29, 0.717) is 18.6 Å². The summed E-state index contributed by atoms with van der Waals surface area (Å²) in [5, 5.41) is 9.70. The Hall–Kier alpha value is -0.380. The zero-order valence-electron chi connectivity index (χ0n) is 11.4. The van der Waals surface area contributed by atoms with E-state index in [1.54, 1.807) is 0 Å². The molecule has 0 atom stereocenters. The number of hydrogen-bond donors (Lipinski definition) is 3. The molecule has 0 aromatic heterocycles. The first-order valence-electron chi connectivity index (χ1n) is 5.50. The highest BCUT2D eigenvalue weighted by Crippen LogP contribution is 2.31. The third kappa shape index (κ3) is 7.71. The van der Waals surface area contributed by atoms with Gasteiger partial charge in [-0.05, 0) is 39.6 Å². The van der Waals surface area contributed by atoms with E-state index in [4.69, 9.17) is 10.3 Å². The summed E-state index contributed by atoms with van der Waals surface area (Å²) in [4.78, 5) is 0. The van der Waals surface area contributed by atoms with Crippen LogP contribution in [0.3, 0.4) is 0 Å². The molecule has 0 fully saturated rings. The van der Waals surface area contributed by atoms with Crippen molar-refractivity contribution in [3.05, 3.63) is 26.8 Å². The van der Waals surface area contributed by atoms with E-state index in [-0.39, 0.29) is 5.41 Å². The molecule has 19 heavy (non-hydrogen) atoms. The number of aromatic hydroxyl groups is 1. The Morgan fingerprint density at radius 1 is 1.32 bits per heavy atom. The molecule has 0 heterocycles. The largest absolute Gasteiger partial charge is 0.507 e. The smallest absolute Gasteiger partial charge is 0.261 e. The molecule has 4 N–H and O–H groups in total. The Morgan fingerprint density at radius 2 is 1.74 bits per heavy atom. The molecule has 1 aromatic rings. The first-order chi connectivity index (χ1) is 8.36. The zero-order chi connectivity index (χ0) is 15.4. The lowest BCUT2D eigenvalue weighted by Crippen LogP contribution is -2.12. The lowest BCUT2D eigenvalue weighted by Gasteiger charge is -2.21. The first-order valence-corrected chi connectivity index (χ1v) is 8.43. The first kappa shape index (κ1) is 18.6. The molecule has 0 unspecified atom stereocenters. The quantitative estimate of drug-likeness (QED) is 0.495. The van der Waals surface area contributed by atoms with Crippen molar-refractivity contribution in [3.8, 4) is 5.75 Å². The number of hydrogen-bond acceptors (Lipinski definition) is 4. The SMILES string of the molecule is CC(C)(C)c1cc(I)c(O)c(CN)c1.CS(=O)(=O)O. The maximum absolute atomic E-state index is 9.70. The highest BCUT2D eigenvalue weighted by atomic mass is 127. The summed E-state index contributed by atoms with van der Waals surface area (Å²) in [6.07, 6.45) is 0.715. The number of rotatable bonds is 1. The molecule has 0 saturated heterocycles. The van der Waals surface area contributed by atoms with Crippen LogP contribution in [0.4, 0.5) is 0 Å². The van der Waals surface area contributed by atoms with Crippen LogP contribution in [0.15, 0.2) is 12.1 Å². The van der Waals surface area contributed by atoms with Gasteiger partial charge in [0.25, 0.3) is 10.1 Å². The van der Waals surface area contributed by atoms with Crippen LogP contribution in [-0.4, -0.2) is 24.3 Å². The summed E-state index contributed by atoms with van der Waals surface area (Å²) in [6, 6.07) is 3.99. The maximum Gasteiger partial charge on any atom is 0.261 e. The average Bonchev–Trinajstić information content (AvgIpc) is 2.17. The van der Waals surface area contributed by atoms with Crippen molar-refractivity contribution in [1.29, 1.82) is 0 Å². The third-order valence-electron chi connectivity index (χ3n) is 2.23. The van der Waals surface area contributed by atoms with Crippen LogP contribution in [0, 0.1) is 3.57 Å². The topological polar surface area (TPSA) is 101 Å². The molecule has 5 nitrogen and oxygen atoms in total.